The first-order chi connectivity index (χ1) is 18.3. The van der Waals surface area contributed by atoms with E-state index in [4.69, 9.17) is 0 Å². The summed E-state index contributed by atoms with van der Waals surface area (Å²) in [5.74, 6) is -2.78. The first-order valence-corrected chi connectivity index (χ1v) is 12.5. The van der Waals surface area contributed by atoms with E-state index in [0.717, 1.165) is 10.5 Å². The Hall–Kier alpha value is -4.60. The molecule has 2 fully saturated rings. The quantitative estimate of drug-likeness (QED) is 0.219. The van der Waals surface area contributed by atoms with Gasteiger partial charge in [-0.05, 0) is 30.0 Å². The van der Waals surface area contributed by atoms with E-state index in [-0.39, 0.29) is 59.9 Å². The summed E-state index contributed by atoms with van der Waals surface area (Å²) >= 11 is 0. The number of hydrogen-bond acceptors (Lipinski definition) is 8. The highest BCUT2D eigenvalue weighted by Gasteiger charge is 2.45. The third-order valence-corrected chi connectivity index (χ3v) is 7.03. The van der Waals surface area contributed by atoms with Crippen molar-refractivity contribution in [3.8, 4) is 0 Å². The fraction of sp³-hybridized carbons (Fsp3) is 0.286. The van der Waals surface area contributed by atoms with Gasteiger partial charge in [-0.3, -0.25) is 39.0 Å². The second-order valence-electron chi connectivity index (χ2n) is 9.48. The number of ketones is 2. The molecule has 2 aromatic carbocycles. The Morgan fingerprint density at radius 1 is 0.868 bits per heavy atom. The third-order valence-electron chi connectivity index (χ3n) is 7.03. The highest BCUT2D eigenvalue weighted by Crippen LogP contribution is 2.33. The average Bonchev–Trinajstić information content (AvgIpc) is 3.16. The van der Waals surface area contributed by atoms with E-state index in [1.54, 1.807) is 12.1 Å². The van der Waals surface area contributed by atoms with Crippen molar-refractivity contribution >= 4 is 40.9 Å². The SMILES string of the molecule is O=C1CCC(N2C(=O)c3cccc(NCCNC=C4C(=O)CC(c5ccccc5)CC4=O)c3C2=O)C(=O)N1. The lowest BCUT2D eigenvalue weighted by atomic mass is 9.80. The number of carbonyl (C=O) groups excluding carboxylic acids is 6. The number of imide groups is 2. The first kappa shape index (κ1) is 25.1. The number of fused-ring (bicyclic) bond motifs is 1. The maximum Gasteiger partial charge on any atom is 0.264 e. The topological polar surface area (TPSA) is 142 Å². The van der Waals surface area contributed by atoms with E-state index in [0.29, 0.717) is 18.8 Å². The zero-order valence-corrected chi connectivity index (χ0v) is 20.5. The number of nitrogens with one attached hydrogen (secondary N) is 3. The van der Waals surface area contributed by atoms with Crippen molar-refractivity contribution in [2.45, 2.75) is 37.6 Å². The zero-order valence-electron chi connectivity index (χ0n) is 20.5. The summed E-state index contributed by atoms with van der Waals surface area (Å²) in [4.78, 5) is 76.0. The molecule has 3 N–H and O–H groups in total. The van der Waals surface area contributed by atoms with Gasteiger partial charge in [0.15, 0.2) is 11.6 Å². The van der Waals surface area contributed by atoms with E-state index >= 15 is 0 Å². The van der Waals surface area contributed by atoms with Crippen LogP contribution in [0.4, 0.5) is 5.69 Å². The molecule has 1 unspecified atom stereocenters. The van der Waals surface area contributed by atoms with Gasteiger partial charge in [0.25, 0.3) is 11.8 Å². The second-order valence-corrected chi connectivity index (χ2v) is 9.48. The van der Waals surface area contributed by atoms with Gasteiger partial charge in [-0.15, -0.1) is 0 Å². The normalized spacial score (nSPS) is 21.4. The largest absolute Gasteiger partial charge is 0.388 e. The van der Waals surface area contributed by atoms with Crippen LogP contribution in [0.1, 0.15) is 57.9 Å². The van der Waals surface area contributed by atoms with Crippen molar-refractivity contribution in [1.82, 2.24) is 15.5 Å². The van der Waals surface area contributed by atoms with Crippen molar-refractivity contribution in [3.05, 3.63) is 77.0 Å². The minimum absolute atomic E-state index is 0.0496. The lowest BCUT2D eigenvalue weighted by Gasteiger charge is -2.27. The van der Waals surface area contributed by atoms with Gasteiger partial charge in [0.1, 0.15) is 6.04 Å². The number of rotatable bonds is 7. The molecule has 194 valence electrons. The molecule has 2 heterocycles. The predicted octanol–water partition coefficient (Wildman–Crippen LogP) is 1.69. The van der Waals surface area contributed by atoms with Crippen LogP contribution < -0.4 is 16.0 Å². The van der Waals surface area contributed by atoms with E-state index in [9.17, 15) is 28.8 Å². The molecule has 3 aliphatic rings. The van der Waals surface area contributed by atoms with Gasteiger partial charge in [0, 0.05) is 44.2 Å². The van der Waals surface area contributed by atoms with Crippen LogP contribution in [-0.4, -0.2) is 59.2 Å². The summed E-state index contributed by atoms with van der Waals surface area (Å²) < 4.78 is 0. The molecule has 10 heteroatoms. The number of nitrogens with zero attached hydrogens (tertiary/aromatic N) is 1. The third kappa shape index (κ3) is 4.72. The van der Waals surface area contributed by atoms with Gasteiger partial charge < -0.3 is 10.6 Å². The van der Waals surface area contributed by atoms with Gasteiger partial charge >= 0.3 is 0 Å². The summed E-state index contributed by atoms with van der Waals surface area (Å²) in [7, 11) is 0. The number of piperidine rings is 1. The lowest BCUT2D eigenvalue weighted by Crippen LogP contribution is -2.54. The number of hydrogen-bond donors (Lipinski definition) is 3. The van der Waals surface area contributed by atoms with E-state index in [1.807, 2.05) is 30.3 Å². The van der Waals surface area contributed by atoms with Crippen molar-refractivity contribution < 1.29 is 28.8 Å². The second kappa shape index (κ2) is 10.4. The summed E-state index contributed by atoms with van der Waals surface area (Å²) in [6.45, 7) is 0.671. The van der Waals surface area contributed by atoms with E-state index < -0.39 is 29.7 Å². The molecule has 2 aliphatic heterocycles. The molecule has 1 saturated heterocycles. The fourth-order valence-corrected chi connectivity index (χ4v) is 5.12. The molecule has 1 saturated carbocycles. The van der Waals surface area contributed by atoms with E-state index in [2.05, 4.69) is 16.0 Å². The van der Waals surface area contributed by atoms with Crippen molar-refractivity contribution in [3.63, 3.8) is 0 Å². The summed E-state index contributed by atoms with van der Waals surface area (Å²) in [5.41, 5.74) is 1.92. The Kier molecular flexibility index (Phi) is 6.87. The van der Waals surface area contributed by atoms with Crippen molar-refractivity contribution in [2.24, 2.45) is 0 Å². The highest BCUT2D eigenvalue weighted by atomic mass is 16.2. The van der Waals surface area contributed by atoms with Gasteiger partial charge in [-0.25, -0.2) is 0 Å². The molecule has 5 rings (SSSR count). The number of anilines is 1. The summed E-state index contributed by atoms with van der Waals surface area (Å²) in [5, 5.41) is 8.28. The highest BCUT2D eigenvalue weighted by molar-refractivity contribution is 6.25. The average molecular weight is 515 g/mol. The molecule has 1 aliphatic carbocycles. The van der Waals surface area contributed by atoms with Gasteiger partial charge in [0.2, 0.25) is 11.8 Å². The monoisotopic (exact) mass is 514 g/mol. The van der Waals surface area contributed by atoms with Crippen LogP contribution in [0, 0.1) is 0 Å². The van der Waals surface area contributed by atoms with Gasteiger partial charge in [-0.1, -0.05) is 36.4 Å². The molecule has 1 atom stereocenters. The van der Waals surface area contributed by atoms with Crippen LogP contribution in [-0.2, 0) is 19.2 Å². The fourth-order valence-electron chi connectivity index (χ4n) is 5.12. The van der Waals surface area contributed by atoms with Gasteiger partial charge in [0.05, 0.1) is 16.7 Å². The Morgan fingerprint density at radius 3 is 2.32 bits per heavy atom. The number of amides is 4. The predicted molar refractivity (Wildman–Crippen MR) is 136 cm³/mol. The molecule has 0 spiro atoms. The standard InChI is InChI=1S/C28H26N4O6/c33-22-13-17(16-5-2-1-3-6-16)14-23(34)19(22)15-29-11-12-30-20-8-4-7-18-25(20)28(38)32(27(18)37)21-9-10-24(35)31-26(21)36/h1-8,15,17,21,29-30H,9-14H2,(H,31,35,36). The zero-order chi connectivity index (χ0) is 26.8. The van der Waals surface area contributed by atoms with Crippen LogP contribution in [0.2, 0.25) is 0 Å². The molecule has 4 amide bonds. The Morgan fingerprint density at radius 2 is 1.61 bits per heavy atom. The molecular weight excluding hydrogens is 488 g/mol. The van der Waals surface area contributed by atoms with Gasteiger partial charge in [-0.2, -0.15) is 0 Å². The van der Waals surface area contributed by atoms with Crippen LogP contribution in [0.5, 0.6) is 0 Å². The number of carbonyl (C=O) groups is 6. The molecule has 38 heavy (non-hydrogen) atoms. The van der Waals surface area contributed by atoms with Crippen LogP contribution in [0.3, 0.4) is 0 Å². The smallest absolute Gasteiger partial charge is 0.264 e. The number of allylic oxidation sites excluding steroid dienone is 1. The number of benzene rings is 2. The van der Waals surface area contributed by atoms with E-state index in [1.165, 1.54) is 12.3 Å². The minimum Gasteiger partial charge on any atom is -0.388 e. The van der Waals surface area contributed by atoms with Crippen LogP contribution in [0.25, 0.3) is 0 Å². The molecule has 0 bridgehead atoms. The molecule has 2 aromatic rings. The Labute approximate surface area is 218 Å². The first-order valence-electron chi connectivity index (χ1n) is 12.5. The molecule has 0 aromatic heterocycles. The molecule has 0 radical (unpaired) electrons. The number of Topliss-reactive ketones (excluding diaryl/α,β-unsaturated/α-hetero) is 2. The van der Waals surface area contributed by atoms with Crippen molar-refractivity contribution in [2.75, 3.05) is 18.4 Å². The maximum atomic E-state index is 13.2. The van der Waals surface area contributed by atoms with Crippen LogP contribution >= 0.6 is 0 Å². The Balaban J connectivity index is 1.19. The van der Waals surface area contributed by atoms with Crippen LogP contribution in [0.15, 0.2) is 60.3 Å². The summed E-state index contributed by atoms with van der Waals surface area (Å²) in [6, 6.07) is 13.3. The molecular formula is C28H26N4O6. The minimum atomic E-state index is -1.03. The van der Waals surface area contributed by atoms with Crippen molar-refractivity contribution in [1.29, 1.82) is 0 Å². The molecule has 10 nitrogen and oxygen atoms in total. The maximum absolute atomic E-state index is 13.2. The Bertz CT molecular complexity index is 1360. The summed E-state index contributed by atoms with van der Waals surface area (Å²) in [6.07, 6.45) is 2.13. The lowest BCUT2D eigenvalue weighted by molar-refractivity contribution is -0.136.